The molecule has 1 aromatic heterocycles. The van der Waals surface area contributed by atoms with E-state index in [1.165, 1.54) is 23.5 Å². The normalized spacial score (nSPS) is 11.9. The second-order valence-electron chi connectivity index (χ2n) is 4.67. The number of nitro benzene ring substituents is 1. The van der Waals surface area contributed by atoms with Gasteiger partial charge in [-0.05, 0) is 18.6 Å². The predicted molar refractivity (Wildman–Crippen MR) is 84.2 cm³/mol. The first-order chi connectivity index (χ1) is 10.5. The molecule has 0 aliphatic carbocycles. The molecule has 1 unspecified atom stereocenters. The Balaban J connectivity index is 2.13. The van der Waals surface area contributed by atoms with E-state index in [9.17, 15) is 14.9 Å². The maximum Gasteiger partial charge on any atom is 0.326 e. The second-order valence-corrected chi connectivity index (χ2v) is 5.52. The van der Waals surface area contributed by atoms with Crippen molar-refractivity contribution in [3.8, 4) is 11.3 Å². The van der Waals surface area contributed by atoms with Crippen LogP contribution in [0.3, 0.4) is 0 Å². The smallest absolute Gasteiger partial charge is 0.326 e. The third kappa shape index (κ3) is 3.79. The number of hydrogen-bond donors (Lipinski definition) is 2. The quantitative estimate of drug-likeness (QED) is 0.598. The molecular weight excluding hydrogens is 306 g/mol. The van der Waals surface area contributed by atoms with Gasteiger partial charge in [-0.2, -0.15) is 0 Å². The second kappa shape index (κ2) is 6.99. The fourth-order valence-corrected chi connectivity index (χ4v) is 2.70. The van der Waals surface area contributed by atoms with Crippen LogP contribution in [0.1, 0.15) is 19.8 Å². The van der Waals surface area contributed by atoms with Crippen LogP contribution in [0.25, 0.3) is 11.3 Å². The van der Waals surface area contributed by atoms with Gasteiger partial charge in [0.1, 0.15) is 6.04 Å². The molecule has 7 nitrogen and oxygen atoms in total. The molecule has 0 saturated heterocycles. The van der Waals surface area contributed by atoms with Crippen molar-refractivity contribution in [1.29, 1.82) is 0 Å². The third-order valence-electron chi connectivity index (χ3n) is 3.05. The number of carbonyl (C=O) groups is 1. The molecule has 0 spiro atoms. The Hall–Kier alpha value is -2.48. The Labute approximate surface area is 130 Å². The van der Waals surface area contributed by atoms with E-state index >= 15 is 0 Å². The van der Waals surface area contributed by atoms with Crippen molar-refractivity contribution in [1.82, 2.24) is 4.98 Å². The number of anilines is 1. The molecular formula is C14H15N3O4S. The van der Waals surface area contributed by atoms with E-state index in [0.717, 1.165) is 12.0 Å². The molecule has 1 aromatic carbocycles. The molecule has 2 N–H and O–H groups in total. The first-order valence-electron chi connectivity index (χ1n) is 6.71. The SMILES string of the molecule is CCCC(Nc1nc(-c2ccc([N+](=O)[O-])cc2)cs1)C(=O)O. The van der Waals surface area contributed by atoms with Gasteiger partial charge in [-0.25, -0.2) is 9.78 Å². The summed E-state index contributed by atoms with van der Waals surface area (Å²) in [4.78, 5) is 25.6. The van der Waals surface area contributed by atoms with Gasteiger partial charge in [-0.1, -0.05) is 13.3 Å². The highest BCUT2D eigenvalue weighted by Gasteiger charge is 2.17. The molecule has 1 atom stereocenters. The third-order valence-corrected chi connectivity index (χ3v) is 3.82. The predicted octanol–water partition coefficient (Wildman–Crippen LogP) is 3.38. The molecule has 1 heterocycles. The molecule has 116 valence electrons. The van der Waals surface area contributed by atoms with Gasteiger partial charge < -0.3 is 10.4 Å². The molecule has 0 amide bonds. The van der Waals surface area contributed by atoms with Crippen LogP contribution >= 0.6 is 11.3 Å². The van der Waals surface area contributed by atoms with Crippen LogP contribution in [0.2, 0.25) is 0 Å². The zero-order chi connectivity index (χ0) is 16.1. The average molecular weight is 321 g/mol. The zero-order valence-electron chi connectivity index (χ0n) is 11.9. The van der Waals surface area contributed by atoms with Gasteiger partial charge in [0.2, 0.25) is 0 Å². The number of nitro groups is 1. The average Bonchev–Trinajstić information content (AvgIpc) is 2.95. The molecule has 0 saturated carbocycles. The highest BCUT2D eigenvalue weighted by molar-refractivity contribution is 7.14. The fourth-order valence-electron chi connectivity index (χ4n) is 1.92. The lowest BCUT2D eigenvalue weighted by atomic mass is 10.1. The van der Waals surface area contributed by atoms with Crippen molar-refractivity contribution in [2.45, 2.75) is 25.8 Å². The number of aliphatic carboxylic acids is 1. The lowest BCUT2D eigenvalue weighted by Crippen LogP contribution is -2.28. The molecule has 0 bridgehead atoms. The van der Waals surface area contributed by atoms with Gasteiger partial charge in [-0.15, -0.1) is 11.3 Å². The molecule has 8 heteroatoms. The Morgan fingerprint density at radius 3 is 2.68 bits per heavy atom. The molecule has 0 aliphatic heterocycles. The number of nitrogens with zero attached hydrogens (tertiary/aromatic N) is 2. The van der Waals surface area contributed by atoms with Crippen molar-refractivity contribution in [2.75, 3.05) is 5.32 Å². The van der Waals surface area contributed by atoms with Gasteiger partial charge >= 0.3 is 5.97 Å². The summed E-state index contributed by atoms with van der Waals surface area (Å²) in [5.74, 6) is -0.908. The Morgan fingerprint density at radius 1 is 1.45 bits per heavy atom. The highest BCUT2D eigenvalue weighted by atomic mass is 32.1. The minimum atomic E-state index is -0.908. The standard InChI is InChI=1S/C14H15N3O4S/c1-2-3-11(13(18)19)15-14-16-12(8-22-14)9-4-6-10(7-5-9)17(20)21/h4-8,11H,2-3H2,1H3,(H,15,16)(H,18,19). The van der Waals surface area contributed by atoms with Crippen LogP contribution in [0, 0.1) is 10.1 Å². The van der Waals surface area contributed by atoms with E-state index < -0.39 is 16.9 Å². The molecule has 22 heavy (non-hydrogen) atoms. The fraction of sp³-hybridized carbons (Fsp3) is 0.286. The summed E-state index contributed by atoms with van der Waals surface area (Å²) in [6.45, 7) is 1.92. The Bertz CT molecular complexity index is 669. The number of non-ortho nitro benzene ring substituents is 1. The number of nitrogens with one attached hydrogen (secondary N) is 1. The number of carboxylic acid groups (broad SMARTS) is 1. The topological polar surface area (TPSA) is 105 Å². The van der Waals surface area contributed by atoms with E-state index in [0.29, 0.717) is 17.2 Å². The molecule has 2 aromatic rings. The van der Waals surface area contributed by atoms with Crippen LogP contribution < -0.4 is 5.32 Å². The first-order valence-corrected chi connectivity index (χ1v) is 7.59. The minimum Gasteiger partial charge on any atom is -0.480 e. The number of aromatic nitrogens is 1. The molecule has 0 aliphatic rings. The largest absolute Gasteiger partial charge is 0.480 e. The molecule has 0 radical (unpaired) electrons. The monoisotopic (exact) mass is 321 g/mol. The first kappa shape index (κ1) is 15.9. The number of benzene rings is 1. The van der Waals surface area contributed by atoms with Crippen molar-refractivity contribution in [2.24, 2.45) is 0 Å². The number of hydrogen-bond acceptors (Lipinski definition) is 6. The minimum absolute atomic E-state index is 0.0196. The van der Waals surface area contributed by atoms with E-state index in [1.807, 2.05) is 6.92 Å². The van der Waals surface area contributed by atoms with E-state index in [2.05, 4.69) is 10.3 Å². The maximum absolute atomic E-state index is 11.1. The van der Waals surface area contributed by atoms with E-state index in [-0.39, 0.29) is 5.69 Å². The number of thiazole rings is 1. The van der Waals surface area contributed by atoms with Crippen LogP contribution in [0.5, 0.6) is 0 Å². The summed E-state index contributed by atoms with van der Waals surface area (Å²) in [5, 5.41) is 25.0. The lowest BCUT2D eigenvalue weighted by Gasteiger charge is -2.11. The van der Waals surface area contributed by atoms with Crippen LogP contribution in [-0.4, -0.2) is 27.0 Å². The van der Waals surface area contributed by atoms with Crippen molar-refractivity contribution >= 4 is 28.1 Å². The number of rotatable bonds is 7. The van der Waals surface area contributed by atoms with Gasteiger partial charge in [0.15, 0.2) is 5.13 Å². The van der Waals surface area contributed by atoms with Gasteiger partial charge in [0, 0.05) is 23.1 Å². The van der Waals surface area contributed by atoms with E-state index in [4.69, 9.17) is 5.11 Å². The summed E-state index contributed by atoms with van der Waals surface area (Å²) in [6.07, 6.45) is 1.27. The highest BCUT2D eigenvalue weighted by Crippen LogP contribution is 2.27. The maximum atomic E-state index is 11.1. The van der Waals surface area contributed by atoms with Gasteiger partial charge in [0.25, 0.3) is 5.69 Å². The van der Waals surface area contributed by atoms with Crippen molar-refractivity contribution in [3.63, 3.8) is 0 Å². The molecule has 2 rings (SSSR count). The van der Waals surface area contributed by atoms with Crippen LogP contribution in [0.4, 0.5) is 10.8 Å². The van der Waals surface area contributed by atoms with Crippen LogP contribution in [0.15, 0.2) is 29.6 Å². The van der Waals surface area contributed by atoms with Crippen molar-refractivity contribution in [3.05, 3.63) is 39.8 Å². The summed E-state index contributed by atoms with van der Waals surface area (Å²) in [6, 6.07) is 5.41. The Morgan fingerprint density at radius 2 is 2.14 bits per heavy atom. The van der Waals surface area contributed by atoms with Gasteiger partial charge in [0.05, 0.1) is 10.6 Å². The van der Waals surface area contributed by atoms with E-state index in [1.54, 1.807) is 17.5 Å². The Kier molecular flexibility index (Phi) is 5.05. The summed E-state index contributed by atoms with van der Waals surface area (Å²) >= 11 is 1.31. The summed E-state index contributed by atoms with van der Waals surface area (Å²) in [5.41, 5.74) is 1.42. The lowest BCUT2D eigenvalue weighted by molar-refractivity contribution is -0.384. The van der Waals surface area contributed by atoms with Gasteiger partial charge in [-0.3, -0.25) is 10.1 Å². The van der Waals surface area contributed by atoms with Crippen LogP contribution in [-0.2, 0) is 4.79 Å². The summed E-state index contributed by atoms with van der Waals surface area (Å²) < 4.78 is 0. The van der Waals surface area contributed by atoms with Crippen molar-refractivity contribution < 1.29 is 14.8 Å². The zero-order valence-corrected chi connectivity index (χ0v) is 12.7. The summed E-state index contributed by atoms with van der Waals surface area (Å²) in [7, 11) is 0. The number of carboxylic acids is 1. The molecule has 0 fully saturated rings.